The smallest absolute Gasteiger partial charge is 0.305 e. The standard InChI is InChI=1S/C20H20Cl2N6O6/c21-9-3-11(17(32)13(22)4-9)14(6-16(30)31)28-15(29)8-26-19(34)12-5-10(7-25-18(12)33)27-20-23-1-2-24-20/h3-5,7,14,32H,1-2,6,8H2,(H,25,33)(H,26,34)(H,28,29)(H,30,31)(H2,23,24,27). The molecule has 34 heavy (non-hydrogen) atoms. The number of nitrogens with one attached hydrogen (secondary N) is 5. The molecule has 1 aliphatic rings. The fourth-order valence-corrected chi connectivity index (χ4v) is 3.62. The van der Waals surface area contributed by atoms with Crippen molar-refractivity contribution in [2.45, 2.75) is 12.5 Å². The molecule has 2 heterocycles. The summed E-state index contributed by atoms with van der Waals surface area (Å²) in [6.45, 7) is 0.682. The Labute approximate surface area is 202 Å². The molecule has 0 saturated heterocycles. The van der Waals surface area contributed by atoms with Crippen molar-refractivity contribution < 1.29 is 24.6 Å². The summed E-state index contributed by atoms with van der Waals surface area (Å²) in [7, 11) is 0. The van der Waals surface area contributed by atoms with Gasteiger partial charge in [-0.1, -0.05) is 23.2 Å². The number of H-pyrrole nitrogens is 1. The number of guanidine groups is 1. The molecule has 0 saturated carbocycles. The minimum Gasteiger partial charge on any atom is -0.506 e. The Bertz CT molecular complexity index is 1210. The van der Waals surface area contributed by atoms with E-state index < -0.39 is 48.1 Å². The molecule has 2 aromatic rings. The van der Waals surface area contributed by atoms with Gasteiger partial charge in [0.05, 0.1) is 36.3 Å². The molecule has 12 nitrogen and oxygen atoms in total. The molecule has 1 atom stereocenters. The van der Waals surface area contributed by atoms with Gasteiger partial charge in [0, 0.05) is 23.3 Å². The van der Waals surface area contributed by atoms with Crippen LogP contribution in [0.15, 0.2) is 34.2 Å². The van der Waals surface area contributed by atoms with E-state index in [-0.39, 0.29) is 21.2 Å². The van der Waals surface area contributed by atoms with E-state index in [0.717, 1.165) is 0 Å². The van der Waals surface area contributed by atoms with Gasteiger partial charge in [-0.25, -0.2) is 0 Å². The number of nitrogens with zero attached hydrogens (tertiary/aromatic N) is 1. The van der Waals surface area contributed by atoms with E-state index in [4.69, 9.17) is 23.2 Å². The van der Waals surface area contributed by atoms with Crippen LogP contribution in [-0.2, 0) is 9.59 Å². The Morgan fingerprint density at radius 1 is 1.21 bits per heavy atom. The minimum absolute atomic E-state index is 0.00164. The first-order chi connectivity index (χ1) is 16.1. The number of halogens is 2. The maximum atomic E-state index is 12.5. The van der Waals surface area contributed by atoms with Crippen LogP contribution in [0.3, 0.4) is 0 Å². The molecule has 7 N–H and O–H groups in total. The highest BCUT2D eigenvalue weighted by Gasteiger charge is 2.23. The van der Waals surface area contributed by atoms with Crippen LogP contribution in [0.4, 0.5) is 5.69 Å². The summed E-state index contributed by atoms with van der Waals surface area (Å²) in [5.74, 6) is -2.80. The molecule has 3 rings (SSSR count). The van der Waals surface area contributed by atoms with Crippen LogP contribution in [0.2, 0.25) is 10.0 Å². The second-order valence-corrected chi connectivity index (χ2v) is 7.98. The number of hydrogen-bond acceptors (Lipinski definition) is 8. The third-order valence-electron chi connectivity index (χ3n) is 4.64. The Balaban J connectivity index is 1.67. The summed E-state index contributed by atoms with van der Waals surface area (Å²) in [6.07, 6.45) is 0.780. The number of aliphatic imine (C=N–C) groups is 1. The Hall–Kier alpha value is -3.77. The summed E-state index contributed by atoms with van der Waals surface area (Å²) >= 11 is 11.8. The molecule has 0 spiro atoms. The number of anilines is 1. The van der Waals surface area contributed by atoms with Gasteiger partial charge in [-0.15, -0.1) is 0 Å². The van der Waals surface area contributed by atoms with Gasteiger partial charge in [0.2, 0.25) is 5.91 Å². The first-order valence-corrected chi connectivity index (χ1v) is 10.6. The van der Waals surface area contributed by atoms with Crippen molar-refractivity contribution in [3.8, 4) is 5.75 Å². The van der Waals surface area contributed by atoms with Crippen LogP contribution in [0.1, 0.15) is 28.4 Å². The van der Waals surface area contributed by atoms with E-state index in [1.807, 2.05) is 0 Å². The molecule has 1 aromatic carbocycles. The summed E-state index contributed by atoms with van der Waals surface area (Å²) in [4.78, 5) is 54.8. The van der Waals surface area contributed by atoms with Crippen molar-refractivity contribution >= 4 is 52.6 Å². The van der Waals surface area contributed by atoms with Gasteiger partial charge in [-0.3, -0.25) is 24.2 Å². The summed E-state index contributed by atoms with van der Waals surface area (Å²) in [5.41, 5.74) is -0.528. The van der Waals surface area contributed by atoms with Crippen LogP contribution >= 0.6 is 23.2 Å². The first-order valence-electron chi connectivity index (χ1n) is 9.89. The van der Waals surface area contributed by atoms with E-state index in [0.29, 0.717) is 24.7 Å². The highest BCUT2D eigenvalue weighted by molar-refractivity contribution is 6.35. The number of amides is 2. The number of benzene rings is 1. The van der Waals surface area contributed by atoms with Gasteiger partial charge in [0.25, 0.3) is 11.5 Å². The Kier molecular flexibility index (Phi) is 7.97. The van der Waals surface area contributed by atoms with E-state index in [1.165, 1.54) is 24.4 Å². The zero-order valence-corrected chi connectivity index (χ0v) is 19.0. The van der Waals surface area contributed by atoms with Crippen molar-refractivity contribution in [1.29, 1.82) is 0 Å². The topological polar surface area (TPSA) is 185 Å². The van der Waals surface area contributed by atoms with E-state index >= 15 is 0 Å². The van der Waals surface area contributed by atoms with Crippen molar-refractivity contribution in [3.63, 3.8) is 0 Å². The van der Waals surface area contributed by atoms with Crippen molar-refractivity contribution in [2.24, 2.45) is 4.99 Å². The average molecular weight is 511 g/mol. The largest absolute Gasteiger partial charge is 0.506 e. The lowest BCUT2D eigenvalue weighted by Crippen LogP contribution is -2.40. The third-order valence-corrected chi connectivity index (χ3v) is 5.15. The molecule has 2 amide bonds. The molecule has 1 unspecified atom stereocenters. The van der Waals surface area contributed by atoms with E-state index in [9.17, 15) is 29.4 Å². The van der Waals surface area contributed by atoms with Gasteiger partial charge in [-0.05, 0) is 18.2 Å². The number of carbonyl (C=O) groups is 3. The highest BCUT2D eigenvalue weighted by atomic mass is 35.5. The molecule has 0 bridgehead atoms. The lowest BCUT2D eigenvalue weighted by molar-refractivity contribution is -0.137. The monoisotopic (exact) mass is 510 g/mol. The van der Waals surface area contributed by atoms with Crippen LogP contribution in [-0.4, -0.2) is 58.6 Å². The molecule has 0 radical (unpaired) electrons. The first kappa shape index (κ1) is 24.9. The number of pyridine rings is 1. The number of hydrogen-bond donors (Lipinski definition) is 7. The minimum atomic E-state index is -1.26. The molecule has 1 aliphatic heterocycles. The highest BCUT2D eigenvalue weighted by Crippen LogP contribution is 2.36. The molecule has 0 fully saturated rings. The molecular weight excluding hydrogens is 491 g/mol. The van der Waals surface area contributed by atoms with Crippen LogP contribution < -0.4 is 26.8 Å². The van der Waals surface area contributed by atoms with Gasteiger partial charge >= 0.3 is 5.97 Å². The van der Waals surface area contributed by atoms with Gasteiger partial charge in [0.1, 0.15) is 11.3 Å². The SMILES string of the molecule is O=C(O)CC(NC(=O)CNC(=O)c1cc(NC2=NCCN2)c[nH]c1=O)c1cc(Cl)cc(Cl)c1O. The number of carboxylic acids is 1. The molecular formula is C20H20Cl2N6O6. The van der Waals surface area contributed by atoms with Crippen LogP contribution in [0.5, 0.6) is 5.75 Å². The lowest BCUT2D eigenvalue weighted by atomic mass is 10.0. The normalized spacial score (nSPS) is 13.4. The number of rotatable bonds is 8. The molecule has 14 heteroatoms. The van der Waals surface area contributed by atoms with E-state index in [2.05, 4.69) is 31.2 Å². The number of aromatic hydroxyl groups is 1. The quantitative estimate of drug-likeness (QED) is 0.272. The van der Waals surface area contributed by atoms with Gasteiger partial charge in [-0.2, -0.15) is 0 Å². The van der Waals surface area contributed by atoms with E-state index in [1.54, 1.807) is 0 Å². The number of phenols is 1. The summed E-state index contributed by atoms with van der Waals surface area (Å²) in [5, 5.41) is 30.0. The molecule has 180 valence electrons. The Morgan fingerprint density at radius 2 is 1.97 bits per heavy atom. The maximum absolute atomic E-state index is 12.5. The number of carbonyl (C=O) groups excluding carboxylic acids is 2. The number of aromatic amines is 1. The van der Waals surface area contributed by atoms with Gasteiger partial charge < -0.3 is 36.5 Å². The number of aliphatic carboxylic acids is 1. The van der Waals surface area contributed by atoms with Crippen LogP contribution in [0.25, 0.3) is 0 Å². The fourth-order valence-electron chi connectivity index (χ4n) is 3.11. The predicted molar refractivity (Wildman–Crippen MR) is 125 cm³/mol. The summed E-state index contributed by atoms with van der Waals surface area (Å²) in [6, 6.07) is 2.65. The third kappa shape index (κ3) is 6.39. The maximum Gasteiger partial charge on any atom is 0.305 e. The second-order valence-electron chi connectivity index (χ2n) is 7.14. The van der Waals surface area contributed by atoms with Crippen molar-refractivity contribution in [3.05, 3.63) is 55.9 Å². The number of phenolic OH excluding ortho intramolecular Hbond substituents is 1. The fraction of sp³-hybridized carbons (Fsp3) is 0.250. The zero-order chi connectivity index (χ0) is 24.8. The molecule has 1 aromatic heterocycles. The van der Waals surface area contributed by atoms with Crippen LogP contribution in [0, 0.1) is 0 Å². The number of aromatic nitrogens is 1. The van der Waals surface area contributed by atoms with Crippen molar-refractivity contribution in [2.75, 3.05) is 25.0 Å². The average Bonchev–Trinajstić information content (AvgIpc) is 3.28. The lowest BCUT2D eigenvalue weighted by Gasteiger charge is -2.19. The molecule has 0 aliphatic carbocycles. The Morgan fingerprint density at radius 3 is 2.65 bits per heavy atom. The van der Waals surface area contributed by atoms with Gasteiger partial charge in [0.15, 0.2) is 5.96 Å². The predicted octanol–water partition coefficient (Wildman–Crippen LogP) is 0.820. The zero-order valence-electron chi connectivity index (χ0n) is 17.4. The summed E-state index contributed by atoms with van der Waals surface area (Å²) < 4.78 is 0. The number of carboxylic acid groups (broad SMARTS) is 1. The van der Waals surface area contributed by atoms with Crippen molar-refractivity contribution in [1.82, 2.24) is 20.9 Å². The second kappa shape index (κ2) is 10.9.